The predicted molar refractivity (Wildman–Crippen MR) is 81.5 cm³/mol. The molecule has 2 aliphatic rings. The fraction of sp³-hybridized carbons (Fsp3) is 0.625. The molecular formula is C16H23N3O3. The summed E-state index contributed by atoms with van der Waals surface area (Å²) in [5.41, 5.74) is 1.09. The first kappa shape index (κ1) is 15.4. The number of hydrogen-bond donors (Lipinski definition) is 1. The Morgan fingerprint density at radius 2 is 2.18 bits per heavy atom. The molecule has 6 heteroatoms. The van der Waals surface area contributed by atoms with Gasteiger partial charge in [-0.3, -0.25) is 14.7 Å². The van der Waals surface area contributed by atoms with Crippen molar-refractivity contribution in [2.24, 2.45) is 0 Å². The molecule has 0 bridgehead atoms. The van der Waals surface area contributed by atoms with Gasteiger partial charge in [-0.15, -0.1) is 0 Å². The highest BCUT2D eigenvalue weighted by atomic mass is 16.5. The van der Waals surface area contributed by atoms with Crippen LogP contribution in [0.2, 0.25) is 0 Å². The van der Waals surface area contributed by atoms with E-state index in [1.807, 2.05) is 18.3 Å². The minimum Gasteiger partial charge on any atom is -0.379 e. The first-order valence-corrected chi connectivity index (χ1v) is 7.91. The second kappa shape index (κ2) is 7.67. The Labute approximate surface area is 130 Å². The summed E-state index contributed by atoms with van der Waals surface area (Å²) in [7, 11) is 0. The molecule has 1 aromatic heterocycles. The Morgan fingerprint density at radius 3 is 2.95 bits per heavy atom. The Balaban J connectivity index is 1.47. The number of rotatable bonds is 5. The molecule has 1 aromatic rings. The van der Waals surface area contributed by atoms with Gasteiger partial charge in [-0.2, -0.15) is 0 Å². The molecule has 0 aliphatic carbocycles. The Bertz CT molecular complexity index is 477. The maximum absolute atomic E-state index is 12.2. The number of amides is 1. The van der Waals surface area contributed by atoms with Gasteiger partial charge in [-0.05, 0) is 18.1 Å². The number of ether oxygens (including phenoxy) is 2. The zero-order valence-electron chi connectivity index (χ0n) is 12.7. The van der Waals surface area contributed by atoms with Crippen molar-refractivity contribution in [3.05, 3.63) is 30.1 Å². The highest BCUT2D eigenvalue weighted by Gasteiger charge is 2.34. The van der Waals surface area contributed by atoms with Crippen molar-refractivity contribution < 1.29 is 14.3 Å². The van der Waals surface area contributed by atoms with Crippen LogP contribution in [0, 0.1) is 0 Å². The van der Waals surface area contributed by atoms with Gasteiger partial charge in [0.2, 0.25) is 5.91 Å². The fourth-order valence-corrected chi connectivity index (χ4v) is 3.03. The average molecular weight is 305 g/mol. The number of aryl methyl sites for hydroxylation is 1. The molecule has 1 amide bonds. The van der Waals surface area contributed by atoms with Gasteiger partial charge in [0, 0.05) is 31.9 Å². The quantitative estimate of drug-likeness (QED) is 0.844. The summed E-state index contributed by atoms with van der Waals surface area (Å²) in [5.74, 6) is 0.0811. The molecule has 6 nitrogen and oxygen atoms in total. The second-order valence-corrected chi connectivity index (χ2v) is 5.79. The number of carbonyl (C=O) groups excluding carboxylic acids is 1. The molecule has 0 aromatic carbocycles. The van der Waals surface area contributed by atoms with Crippen LogP contribution in [-0.4, -0.2) is 67.4 Å². The first-order valence-electron chi connectivity index (χ1n) is 7.91. The van der Waals surface area contributed by atoms with Crippen LogP contribution in [0.15, 0.2) is 24.5 Å². The van der Waals surface area contributed by atoms with Crippen molar-refractivity contribution >= 4 is 5.91 Å². The van der Waals surface area contributed by atoms with E-state index in [-0.39, 0.29) is 18.0 Å². The third-order valence-corrected chi connectivity index (χ3v) is 4.28. The summed E-state index contributed by atoms with van der Waals surface area (Å²) in [5, 5.41) is 3.13. The molecule has 3 heterocycles. The number of carbonyl (C=O) groups is 1. The average Bonchev–Trinajstić information content (AvgIpc) is 3.03. The van der Waals surface area contributed by atoms with Crippen LogP contribution >= 0.6 is 0 Å². The monoisotopic (exact) mass is 305 g/mol. The number of nitrogens with zero attached hydrogens (tertiary/aromatic N) is 2. The maximum Gasteiger partial charge on any atom is 0.220 e. The Morgan fingerprint density at radius 1 is 1.32 bits per heavy atom. The van der Waals surface area contributed by atoms with E-state index >= 15 is 0 Å². The molecule has 2 aliphatic heterocycles. The first-order chi connectivity index (χ1) is 10.8. The van der Waals surface area contributed by atoms with Crippen molar-refractivity contribution in [3.8, 4) is 0 Å². The molecule has 2 saturated heterocycles. The zero-order valence-corrected chi connectivity index (χ0v) is 12.7. The molecular weight excluding hydrogens is 282 g/mol. The molecule has 3 rings (SSSR count). The topological polar surface area (TPSA) is 63.7 Å². The second-order valence-electron chi connectivity index (χ2n) is 5.79. The molecule has 2 atom stereocenters. The molecule has 0 radical (unpaired) electrons. The zero-order chi connectivity index (χ0) is 15.2. The van der Waals surface area contributed by atoms with Gasteiger partial charge in [-0.25, -0.2) is 0 Å². The van der Waals surface area contributed by atoms with E-state index in [1.54, 1.807) is 6.20 Å². The highest BCUT2D eigenvalue weighted by Crippen LogP contribution is 2.15. The summed E-state index contributed by atoms with van der Waals surface area (Å²) in [6.07, 6.45) is 4.75. The minimum atomic E-state index is 0.0811. The van der Waals surface area contributed by atoms with E-state index in [2.05, 4.69) is 15.2 Å². The summed E-state index contributed by atoms with van der Waals surface area (Å²) in [6.45, 7) is 4.64. The Kier molecular flexibility index (Phi) is 5.37. The molecule has 0 unspecified atom stereocenters. The maximum atomic E-state index is 12.2. The predicted octanol–water partition coefficient (Wildman–Crippen LogP) is 0.230. The van der Waals surface area contributed by atoms with Gasteiger partial charge >= 0.3 is 0 Å². The van der Waals surface area contributed by atoms with Gasteiger partial charge in [0.1, 0.15) is 0 Å². The number of pyridine rings is 1. The summed E-state index contributed by atoms with van der Waals surface area (Å²) < 4.78 is 11.0. The van der Waals surface area contributed by atoms with Crippen molar-refractivity contribution in [3.63, 3.8) is 0 Å². The van der Waals surface area contributed by atoms with E-state index in [1.165, 1.54) is 0 Å². The van der Waals surface area contributed by atoms with Gasteiger partial charge in [0.15, 0.2) is 0 Å². The smallest absolute Gasteiger partial charge is 0.220 e. The molecule has 22 heavy (non-hydrogen) atoms. The largest absolute Gasteiger partial charge is 0.379 e. The van der Waals surface area contributed by atoms with E-state index in [4.69, 9.17) is 9.47 Å². The van der Waals surface area contributed by atoms with Crippen molar-refractivity contribution in [1.82, 2.24) is 15.2 Å². The van der Waals surface area contributed by atoms with E-state index in [0.29, 0.717) is 19.6 Å². The summed E-state index contributed by atoms with van der Waals surface area (Å²) in [4.78, 5) is 18.6. The number of nitrogens with one attached hydrogen (secondary N) is 1. The van der Waals surface area contributed by atoms with Gasteiger partial charge in [-0.1, -0.05) is 6.07 Å². The Hall–Kier alpha value is -1.50. The summed E-state index contributed by atoms with van der Waals surface area (Å²) >= 11 is 0. The molecule has 2 fully saturated rings. The molecule has 120 valence electrons. The van der Waals surface area contributed by atoms with Gasteiger partial charge in [0.25, 0.3) is 0 Å². The van der Waals surface area contributed by atoms with Crippen LogP contribution in [0.3, 0.4) is 0 Å². The third kappa shape index (κ3) is 4.03. The highest BCUT2D eigenvalue weighted by molar-refractivity contribution is 5.76. The lowest BCUT2D eigenvalue weighted by Gasteiger charge is -2.34. The van der Waals surface area contributed by atoms with E-state index in [0.717, 1.165) is 38.3 Å². The van der Waals surface area contributed by atoms with Crippen LogP contribution in [0.4, 0.5) is 0 Å². The standard InChI is InChI=1S/C16H23N3O3/c20-16(4-3-13-2-1-5-17-10-13)18-14-11-22-12-15(14)19-6-8-21-9-7-19/h1-2,5,10,14-15H,3-4,6-9,11-12H2,(H,18,20)/t14-,15-/m0/s1. The van der Waals surface area contributed by atoms with Crippen LogP contribution in [0.5, 0.6) is 0 Å². The van der Waals surface area contributed by atoms with Crippen LogP contribution < -0.4 is 5.32 Å². The van der Waals surface area contributed by atoms with Crippen LogP contribution in [0.1, 0.15) is 12.0 Å². The normalized spacial score (nSPS) is 26.0. The fourth-order valence-electron chi connectivity index (χ4n) is 3.03. The molecule has 0 saturated carbocycles. The summed E-state index contributed by atoms with van der Waals surface area (Å²) in [6, 6.07) is 4.24. The lowest BCUT2D eigenvalue weighted by atomic mass is 10.1. The minimum absolute atomic E-state index is 0.0811. The van der Waals surface area contributed by atoms with E-state index < -0.39 is 0 Å². The van der Waals surface area contributed by atoms with Crippen molar-refractivity contribution in [2.75, 3.05) is 39.5 Å². The third-order valence-electron chi connectivity index (χ3n) is 4.28. The lowest BCUT2D eigenvalue weighted by molar-refractivity contribution is -0.122. The van der Waals surface area contributed by atoms with Crippen molar-refractivity contribution in [2.45, 2.75) is 24.9 Å². The number of morpholine rings is 1. The van der Waals surface area contributed by atoms with E-state index in [9.17, 15) is 4.79 Å². The lowest BCUT2D eigenvalue weighted by Crippen LogP contribution is -2.54. The van der Waals surface area contributed by atoms with Crippen molar-refractivity contribution in [1.29, 1.82) is 0 Å². The van der Waals surface area contributed by atoms with Crippen LogP contribution in [0.25, 0.3) is 0 Å². The number of aromatic nitrogens is 1. The SMILES string of the molecule is O=C(CCc1cccnc1)N[C@H]1COC[C@@H]1N1CCOCC1. The molecule has 0 spiro atoms. The number of hydrogen-bond acceptors (Lipinski definition) is 5. The molecule has 1 N–H and O–H groups in total. The van der Waals surface area contributed by atoms with Gasteiger partial charge < -0.3 is 14.8 Å². The van der Waals surface area contributed by atoms with Gasteiger partial charge in [0.05, 0.1) is 38.5 Å². The van der Waals surface area contributed by atoms with Crippen LogP contribution in [-0.2, 0) is 20.7 Å².